The van der Waals surface area contributed by atoms with Crippen LogP contribution in [0.1, 0.15) is 17.5 Å². The van der Waals surface area contributed by atoms with Crippen molar-refractivity contribution in [2.45, 2.75) is 13.0 Å². The molecule has 35 heavy (non-hydrogen) atoms. The summed E-state index contributed by atoms with van der Waals surface area (Å²) >= 11 is 0. The lowest BCUT2D eigenvalue weighted by Crippen LogP contribution is -2.26. The number of allylic oxidation sites excluding steroid dienone is 1. The molecule has 2 aliphatic rings. The molecule has 5 rings (SSSR count). The highest BCUT2D eigenvalue weighted by Gasteiger charge is 2.28. The molecule has 3 aromatic carbocycles. The largest absolute Gasteiger partial charge is 0.508 e. The van der Waals surface area contributed by atoms with E-state index in [4.69, 9.17) is 5.73 Å². The highest BCUT2D eigenvalue weighted by atomic mass is 19.1. The zero-order valence-corrected chi connectivity index (χ0v) is 19.8. The summed E-state index contributed by atoms with van der Waals surface area (Å²) in [7, 11) is 0. The van der Waals surface area contributed by atoms with Gasteiger partial charge in [-0.25, -0.2) is 4.39 Å². The molecule has 0 saturated carbocycles. The molecule has 2 heterocycles. The Morgan fingerprint density at radius 1 is 1.03 bits per heavy atom. The van der Waals surface area contributed by atoms with Crippen molar-refractivity contribution in [2.75, 3.05) is 29.4 Å². The monoisotopic (exact) mass is 467 g/mol. The van der Waals surface area contributed by atoms with Crippen molar-refractivity contribution in [3.8, 4) is 11.1 Å². The predicted octanol–water partition coefficient (Wildman–Crippen LogP) is 6.27. The Labute approximate surface area is 206 Å². The lowest BCUT2D eigenvalue weighted by Gasteiger charge is -2.32. The number of fused-ring (bicyclic) bond motifs is 1. The Morgan fingerprint density at radius 2 is 1.74 bits per heavy atom. The molecule has 1 atom stereocenters. The molecule has 178 valence electrons. The van der Waals surface area contributed by atoms with Crippen LogP contribution in [0, 0.1) is 11.7 Å². The van der Waals surface area contributed by atoms with E-state index in [0.29, 0.717) is 41.4 Å². The number of hydrogen-bond acceptors (Lipinski definition) is 4. The third kappa shape index (κ3) is 4.47. The van der Waals surface area contributed by atoms with Crippen LogP contribution < -0.4 is 15.5 Å². The molecule has 5 heteroatoms. The van der Waals surface area contributed by atoms with Crippen molar-refractivity contribution in [3.63, 3.8) is 0 Å². The maximum Gasteiger partial charge on any atom is 0.147 e. The summed E-state index contributed by atoms with van der Waals surface area (Å²) in [5, 5.41) is 10.2. The van der Waals surface area contributed by atoms with Gasteiger partial charge in [-0.15, -0.1) is 0 Å². The zero-order valence-electron chi connectivity index (χ0n) is 19.8. The van der Waals surface area contributed by atoms with Gasteiger partial charge in [0.2, 0.25) is 0 Å². The fraction of sp³-hybridized carbons (Fsp3) is 0.200. The Bertz CT molecular complexity index is 1300. The average Bonchev–Trinajstić information content (AvgIpc) is 3.35. The fourth-order valence-corrected chi connectivity index (χ4v) is 4.97. The van der Waals surface area contributed by atoms with Crippen LogP contribution in [-0.2, 0) is 6.54 Å². The molecule has 0 amide bonds. The molecular weight excluding hydrogens is 437 g/mol. The van der Waals surface area contributed by atoms with Crippen LogP contribution in [0.15, 0.2) is 97.4 Å². The molecule has 0 aliphatic carbocycles. The first-order valence-corrected chi connectivity index (χ1v) is 11.9. The summed E-state index contributed by atoms with van der Waals surface area (Å²) in [6, 6.07) is 22.1. The van der Waals surface area contributed by atoms with Crippen molar-refractivity contribution < 1.29 is 9.50 Å². The van der Waals surface area contributed by atoms with E-state index in [0.717, 1.165) is 36.3 Å². The molecule has 0 radical (unpaired) electrons. The normalized spacial score (nSPS) is 17.4. The summed E-state index contributed by atoms with van der Waals surface area (Å²) in [4.78, 5) is 4.12. The number of rotatable bonds is 6. The third-order valence-corrected chi connectivity index (χ3v) is 6.99. The Balaban J connectivity index is 1.49. The average molecular weight is 468 g/mol. The second-order valence-electron chi connectivity index (χ2n) is 9.32. The SMILES string of the molecule is C=C(O)C1=CN(Cc2ccc(-c3ccccc3)cc2)c2cc(N3CC[C@@H](CN)C3)c(F)cc2C1=C. The van der Waals surface area contributed by atoms with E-state index >= 15 is 4.39 Å². The van der Waals surface area contributed by atoms with Crippen molar-refractivity contribution in [2.24, 2.45) is 11.7 Å². The topological polar surface area (TPSA) is 52.7 Å². The molecule has 1 saturated heterocycles. The molecule has 4 nitrogen and oxygen atoms in total. The number of nitrogens with two attached hydrogens (primary N) is 1. The van der Waals surface area contributed by atoms with Crippen LogP contribution in [0.3, 0.4) is 0 Å². The predicted molar refractivity (Wildman–Crippen MR) is 143 cm³/mol. The minimum absolute atomic E-state index is 0.0834. The number of hydrogen-bond donors (Lipinski definition) is 2. The molecule has 2 aliphatic heterocycles. The van der Waals surface area contributed by atoms with Gasteiger partial charge in [-0.3, -0.25) is 0 Å². The Hall–Kier alpha value is -3.83. The van der Waals surface area contributed by atoms with E-state index < -0.39 is 0 Å². The molecule has 3 aromatic rings. The summed E-state index contributed by atoms with van der Waals surface area (Å²) in [6.45, 7) is 10.5. The van der Waals surface area contributed by atoms with Gasteiger partial charge in [-0.05, 0) is 53.3 Å². The standard InChI is InChI=1S/C30H30FN3O/c1-20-26-14-28(31)30(33-13-12-23(16-32)18-33)15-29(26)34(19-27(20)21(2)35)17-22-8-10-25(11-9-22)24-6-4-3-5-7-24/h3-11,14-15,19,23,35H,1-2,12-13,16-18,32H2/t23-/m0/s1. The van der Waals surface area contributed by atoms with Crippen molar-refractivity contribution in [1.82, 2.24) is 0 Å². The Morgan fingerprint density at radius 3 is 2.40 bits per heavy atom. The molecule has 0 bridgehead atoms. The summed E-state index contributed by atoms with van der Waals surface area (Å²) in [5.74, 6) is 0.00303. The third-order valence-electron chi connectivity index (χ3n) is 6.99. The van der Waals surface area contributed by atoms with E-state index in [1.807, 2.05) is 35.4 Å². The number of aliphatic hydroxyl groups is 1. The van der Waals surface area contributed by atoms with Crippen LogP contribution in [0.4, 0.5) is 15.8 Å². The van der Waals surface area contributed by atoms with Crippen LogP contribution in [0.5, 0.6) is 0 Å². The minimum Gasteiger partial charge on any atom is -0.508 e. The maximum absolute atomic E-state index is 15.3. The van der Waals surface area contributed by atoms with Crippen molar-refractivity contribution in [1.29, 1.82) is 0 Å². The number of nitrogens with zero attached hydrogens (tertiary/aromatic N) is 2. The van der Waals surface area contributed by atoms with Gasteiger partial charge in [-0.2, -0.15) is 0 Å². The van der Waals surface area contributed by atoms with Gasteiger partial charge in [-0.1, -0.05) is 67.8 Å². The van der Waals surface area contributed by atoms with E-state index in [2.05, 4.69) is 54.5 Å². The van der Waals surface area contributed by atoms with Crippen LogP contribution >= 0.6 is 0 Å². The molecule has 1 fully saturated rings. The number of halogens is 1. The van der Waals surface area contributed by atoms with E-state index in [1.54, 1.807) is 0 Å². The van der Waals surface area contributed by atoms with E-state index in [9.17, 15) is 5.11 Å². The Kier molecular flexibility index (Phi) is 6.18. The molecule has 0 unspecified atom stereocenters. The first-order valence-electron chi connectivity index (χ1n) is 11.9. The lowest BCUT2D eigenvalue weighted by molar-refractivity contribution is 0.429. The smallest absolute Gasteiger partial charge is 0.147 e. The van der Waals surface area contributed by atoms with E-state index in [1.165, 1.54) is 11.6 Å². The molecule has 0 aromatic heterocycles. The van der Waals surface area contributed by atoms with Gasteiger partial charge in [0.05, 0.1) is 11.4 Å². The molecule has 3 N–H and O–H groups in total. The summed E-state index contributed by atoms with van der Waals surface area (Å²) in [6.07, 6.45) is 2.82. The second-order valence-corrected chi connectivity index (χ2v) is 9.32. The van der Waals surface area contributed by atoms with Gasteiger partial charge in [0.15, 0.2) is 0 Å². The number of anilines is 2. The first kappa shape index (κ1) is 22.9. The van der Waals surface area contributed by atoms with Crippen molar-refractivity contribution in [3.05, 3.63) is 114 Å². The molecule has 0 spiro atoms. The van der Waals surface area contributed by atoms with E-state index in [-0.39, 0.29) is 11.6 Å². The van der Waals surface area contributed by atoms with Gasteiger partial charge < -0.3 is 20.6 Å². The first-order chi connectivity index (χ1) is 16.9. The zero-order chi connectivity index (χ0) is 24.5. The quantitative estimate of drug-likeness (QED) is 0.420. The summed E-state index contributed by atoms with van der Waals surface area (Å²) < 4.78 is 15.3. The molecular formula is C30H30FN3O. The fourth-order valence-electron chi connectivity index (χ4n) is 4.97. The highest BCUT2D eigenvalue weighted by molar-refractivity contribution is 5.92. The van der Waals surface area contributed by atoms with Gasteiger partial charge >= 0.3 is 0 Å². The summed E-state index contributed by atoms with van der Waals surface area (Å²) in [5.41, 5.74) is 12.4. The number of benzene rings is 3. The van der Waals surface area contributed by atoms with Crippen LogP contribution in [-0.4, -0.2) is 24.7 Å². The van der Waals surface area contributed by atoms with Gasteiger partial charge in [0.25, 0.3) is 0 Å². The maximum atomic E-state index is 15.3. The number of aliphatic hydroxyl groups excluding tert-OH is 1. The van der Waals surface area contributed by atoms with Gasteiger partial charge in [0.1, 0.15) is 11.6 Å². The minimum atomic E-state index is -0.292. The van der Waals surface area contributed by atoms with Crippen molar-refractivity contribution >= 4 is 16.9 Å². The van der Waals surface area contributed by atoms with Gasteiger partial charge in [0, 0.05) is 37.0 Å². The highest BCUT2D eigenvalue weighted by Crippen LogP contribution is 2.42. The van der Waals surface area contributed by atoms with Crippen LogP contribution in [0.25, 0.3) is 16.7 Å². The second kappa shape index (κ2) is 9.43. The van der Waals surface area contributed by atoms with Crippen LogP contribution in [0.2, 0.25) is 0 Å². The lowest BCUT2D eigenvalue weighted by atomic mass is 9.92.